The molecule has 6 rings (SSSR count). The van der Waals surface area contributed by atoms with Crippen molar-refractivity contribution in [3.05, 3.63) is 151 Å². The molecule has 4 aromatic carbocycles. The third-order valence-electron chi connectivity index (χ3n) is 8.83. The number of hydrogen-bond acceptors (Lipinski definition) is 9. The molecule has 0 amide bonds. The van der Waals surface area contributed by atoms with Gasteiger partial charge in [-0.3, -0.25) is 19.2 Å². The van der Waals surface area contributed by atoms with Gasteiger partial charge in [-0.05, 0) is 128 Å². The molecule has 0 saturated carbocycles. The molecule has 2 aromatic heterocycles. The molecule has 288 valence electrons. The molecule has 0 fully saturated rings. The van der Waals surface area contributed by atoms with Gasteiger partial charge in [0.15, 0.2) is 0 Å². The first-order valence-electron chi connectivity index (χ1n) is 17.4. The molecule has 0 radical (unpaired) electrons. The van der Waals surface area contributed by atoms with E-state index >= 15 is 0 Å². The summed E-state index contributed by atoms with van der Waals surface area (Å²) in [5.74, 6) is -1.38. The fourth-order valence-electron chi connectivity index (χ4n) is 5.63. The van der Waals surface area contributed by atoms with Gasteiger partial charge in [-0.2, -0.15) is 0 Å². The van der Waals surface area contributed by atoms with Gasteiger partial charge in [0.05, 0.1) is 42.4 Å². The Morgan fingerprint density at radius 3 is 1.32 bits per heavy atom. The standard InChI is InChI=1S/C23H21ClO4S.C21H17ClO4S/c1-4-28-23(26)14(2)19-13-20(21(25)15-7-11-18(27-3)12-8-15)29-22(19)16-5-9-17(24)10-6-16;1-12(21(24)25)17-11-18(19(23)13-5-9-16(26-2)10-6-13)27-20(17)14-3-7-15(22)8-4-14/h5-14H,4H2,1-3H3;3-12H,1-2H3,(H,24,25). The van der Waals surface area contributed by atoms with Crippen LogP contribution in [0.5, 0.6) is 11.5 Å². The number of ketones is 2. The Bertz CT molecular complexity index is 2310. The van der Waals surface area contributed by atoms with Crippen molar-refractivity contribution in [2.24, 2.45) is 0 Å². The van der Waals surface area contributed by atoms with E-state index in [-0.39, 0.29) is 17.5 Å². The second-order valence-corrected chi connectivity index (χ2v) is 15.4. The lowest BCUT2D eigenvalue weighted by atomic mass is 9.97. The molecule has 2 unspecified atom stereocenters. The largest absolute Gasteiger partial charge is 0.497 e. The molecule has 0 aliphatic carbocycles. The number of carbonyl (C=O) groups is 4. The molecule has 0 saturated heterocycles. The van der Waals surface area contributed by atoms with Gasteiger partial charge in [0, 0.05) is 30.9 Å². The van der Waals surface area contributed by atoms with Crippen LogP contribution in [-0.4, -0.2) is 49.4 Å². The van der Waals surface area contributed by atoms with Crippen molar-refractivity contribution in [3.63, 3.8) is 0 Å². The summed E-state index contributed by atoms with van der Waals surface area (Å²) < 4.78 is 15.5. The lowest BCUT2D eigenvalue weighted by molar-refractivity contribution is -0.144. The molecule has 6 aromatic rings. The summed E-state index contributed by atoms with van der Waals surface area (Å²) in [5, 5.41) is 10.7. The average Bonchev–Trinajstić information content (AvgIpc) is 3.87. The Labute approximate surface area is 343 Å². The number of ether oxygens (including phenoxy) is 3. The Morgan fingerprint density at radius 1 is 0.607 bits per heavy atom. The molecule has 2 atom stereocenters. The molecular formula is C44H38Cl2O8S2. The number of benzene rings is 4. The van der Waals surface area contributed by atoms with Crippen LogP contribution in [0.25, 0.3) is 20.9 Å². The third-order valence-corrected chi connectivity index (χ3v) is 11.7. The number of methoxy groups -OCH3 is 2. The summed E-state index contributed by atoms with van der Waals surface area (Å²) in [5.41, 5.74) is 4.21. The maximum atomic E-state index is 13.0. The summed E-state index contributed by atoms with van der Waals surface area (Å²) in [6, 6.07) is 31.8. The van der Waals surface area contributed by atoms with Crippen molar-refractivity contribution >= 4 is 69.4 Å². The Balaban J connectivity index is 0.000000215. The topological polar surface area (TPSA) is 116 Å². The van der Waals surface area contributed by atoms with Crippen LogP contribution >= 0.6 is 45.9 Å². The first-order chi connectivity index (χ1) is 26.8. The molecule has 12 heteroatoms. The Kier molecular flexibility index (Phi) is 14.3. The zero-order valence-corrected chi connectivity index (χ0v) is 34.3. The fourth-order valence-corrected chi connectivity index (χ4v) is 8.33. The first kappa shape index (κ1) is 41.9. The van der Waals surface area contributed by atoms with Crippen LogP contribution in [0.3, 0.4) is 0 Å². The van der Waals surface area contributed by atoms with Crippen LogP contribution in [0.2, 0.25) is 10.0 Å². The van der Waals surface area contributed by atoms with E-state index in [4.69, 9.17) is 37.4 Å². The number of rotatable bonds is 13. The lowest BCUT2D eigenvalue weighted by Crippen LogP contribution is -2.13. The van der Waals surface area contributed by atoms with Crippen LogP contribution in [-0.2, 0) is 14.3 Å². The molecule has 0 bridgehead atoms. The molecule has 1 N–H and O–H groups in total. The maximum absolute atomic E-state index is 13.0. The molecule has 0 aliphatic heterocycles. The minimum absolute atomic E-state index is 0.102. The average molecular weight is 830 g/mol. The fraction of sp³-hybridized carbons (Fsp3) is 0.182. The Morgan fingerprint density at radius 2 is 0.982 bits per heavy atom. The number of thiophene rings is 2. The molecule has 2 heterocycles. The number of carbonyl (C=O) groups excluding carboxylic acids is 3. The van der Waals surface area contributed by atoms with Crippen molar-refractivity contribution in [2.75, 3.05) is 20.8 Å². The highest BCUT2D eigenvalue weighted by atomic mass is 35.5. The van der Waals surface area contributed by atoms with E-state index in [0.29, 0.717) is 54.6 Å². The SMILES string of the molecule is CCOC(=O)C(C)c1cc(C(=O)c2ccc(OC)cc2)sc1-c1ccc(Cl)cc1.COc1ccc(C(=O)c2cc(C(C)C(=O)O)c(-c3ccc(Cl)cc3)s2)cc1. The Hall–Kier alpha value is -5.26. The zero-order chi connectivity index (χ0) is 40.5. The highest BCUT2D eigenvalue weighted by molar-refractivity contribution is 7.18. The summed E-state index contributed by atoms with van der Waals surface area (Å²) in [6.07, 6.45) is 0. The van der Waals surface area contributed by atoms with E-state index in [1.165, 1.54) is 22.7 Å². The van der Waals surface area contributed by atoms with Crippen LogP contribution in [0, 0.1) is 0 Å². The number of carboxylic acids is 1. The van der Waals surface area contributed by atoms with Crippen molar-refractivity contribution in [2.45, 2.75) is 32.6 Å². The van der Waals surface area contributed by atoms with Gasteiger partial charge in [-0.15, -0.1) is 22.7 Å². The van der Waals surface area contributed by atoms with Crippen LogP contribution in [0.15, 0.2) is 109 Å². The van der Waals surface area contributed by atoms with E-state index in [1.807, 2.05) is 24.3 Å². The number of carboxylic acid groups (broad SMARTS) is 1. The summed E-state index contributed by atoms with van der Waals surface area (Å²) in [7, 11) is 3.14. The van der Waals surface area contributed by atoms with Gasteiger partial charge < -0.3 is 19.3 Å². The number of hydrogen-bond donors (Lipinski definition) is 1. The van der Waals surface area contributed by atoms with Crippen molar-refractivity contribution < 1.29 is 38.5 Å². The highest BCUT2D eigenvalue weighted by Gasteiger charge is 2.26. The first-order valence-corrected chi connectivity index (χ1v) is 19.8. The summed E-state index contributed by atoms with van der Waals surface area (Å²) in [6.45, 7) is 5.49. The second-order valence-electron chi connectivity index (χ2n) is 12.5. The van der Waals surface area contributed by atoms with Gasteiger partial charge in [0.25, 0.3) is 0 Å². The van der Waals surface area contributed by atoms with E-state index in [2.05, 4.69) is 0 Å². The number of halogens is 2. The molecular weight excluding hydrogens is 792 g/mol. The second kappa shape index (κ2) is 19.1. The normalized spacial score (nSPS) is 11.8. The van der Waals surface area contributed by atoms with E-state index < -0.39 is 17.8 Å². The minimum atomic E-state index is -0.938. The van der Waals surface area contributed by atoms with Crippen LogP contribution < -0.4 is 9.47 Å². The van der Waals surface area contributed by atoms with Gasteiger partial charge in [-0.1, -0.05) is 47.5 Å². The smallest absolute Gasteiger partial charge is 0.313 e. The predicted octanol–water partition coefficient (Wildman–Crippen LogP) is 11.5. The molecule has 56 heavy (non-hydrogen) atoms. The minimum Gasteiger partial charge on any atom is -0.497 e. The molecule has 8 nitrogen and oxygen atoms in total. The highest BCUT2D eigenvalue weighted by Crippen LogP contribution is 2.40. The van der Waals surface area contributed by atoms with Gasteiger partial charge >= 0.3 is 11.9 Å². The quantitative estimate of drug-likeness (QED) is 0.0903. The zero-order valence-electron chi connectivity index (χ0n) is 31.1. The number of aliphatic carboxylic acids is 1. The summed E-state index contributed by atoms with van der Waals surface area (Å²) in [4.78, 5) is 52.5. The van der Waals surface area contributed by atoms with Gasteiger partial charge in [0.2, 0.25) is 11.6 Å². The van der Waals surface area contributed by atoms with Gasteiger partial charge in [0.1, 0.15) is 11.5 Å². The molecule has 0 aliphatic rings. The third kappa shape index (κ3) is 9.94. The van der Waals surface area contributed by atoms with Crippen molar-refractivity contribution in [1.29, 1.82) is 0 Å². The van der Waals surface area contributed by atoms with Crippen molar-refractivity contribution in [3.8, 4) is 32.4 Å². The lowest BCUT2D eigenvalue weighted by Gasteiger charge is -2.11. The molecule has 0 spiro atoms. The van der Waals surface area contributed by atoms with E-state index in [0.717, 1.165) is 26.4 Å². The number of esters is 1. The summed E-state index contributed by atoms with van der Waals surface area (Å²) >= 11 is 14.6. The van der Waals surface area contributed by atoms with E-state index in [9.17, 15) is 24.3 Å². The van der Waals surface area contributed by atoms with Gasteiger partial charge in [-0.25, -0.2) is 0 Å². The van der Waals surface area contributed by atoms with Crippen molar-refractivity contribution in [1.82, 2.24) is 0 Å². The monoisotopic (exact) mass is 828 g/mol. The predicted molar refractivity (Wildman–Crippen MR) is 223 cm³/mol. The maximum Gasteiger partial charge on any atom is 0.313 e. The van der Waals surface area contributed by atoms with E-state index in [1.54, 1.807) is 120 Å². The van der Waals surface area contributed by atoms with Crippen LogP contribution in [0.4, 0.5) is 0 Å². The van der Waals surface area contributed by atoms with Crippen LogP contribution in [0.1, 0.15) is 74.2 Å².